The van der Waals surface area contributed by atoms with Crippen LogP contribution in [0.2, 0.25) is 0 Å². The summed E-state index contributed by atoms with van der Waals surface area (Å²) in [5.74, 6) is 1.33. The van der Waals surface area contributed by atoms with Gasteiger partial charge in [-0.25, -0.2) is 4.98 Å². The first kappa shape index (κ1) is 11.1. The maximum atomic E-state index is 11.3. The molecule has 2 rings (SSSR count). The average Bonchev–Trinajstić information content (AvgIpc) is 2.15. The van der Waals surface area contributed by atoms with Crippen LogP contribution in [0.4, 0.5) is 5.82 Å². The lowest BCUT2D eigenvalue weighted by molar-refractivity contribution is 0.395. The van der Waals surface area contributed by atoms with Crippen molar-refractivity contribution in [3.8, 4) is 0 Å². The van der Waals surface area contributed by atoms with Gasteiger partial charge in [-0.1, -0.05) is 0 Å². The number of piperidine rings is 1. The Labute approximate surface area is 94.7 Å². The van der Waals surface area contributed by atoms with E-state index in [2.05, 4.69) is 27.5 Å². The summed E-state index contributed by atoms with van der Waals surface area (Å²) in [5, 5.41) is 6.71. The zero-order valence-corrected chi connectivity index (χ0v) is 9.71. The van der Waals surface area contributed by atoms with Crippen molar-refractivity contribution in [1.82, 2.24) is 15.3 Å². The standard InChI is InChI=1S/C11H18N4O/c1-7-5-9(3-4-12-7)15-10-6-11(16)14-8(2)13-10/h6-7,9,12H,3-5H2,1-2H3,(H2,13,14,15,16). The van der Waals surface area contributed by atoms with Gasteiger partial charge in [0.1, 0.15) is 11.6 Å². The van der Waals surface area contributed by atoms with Gasteiger partial charge in [-0.05, 0) is 33.2 Å². The Kier molecular flexibility index (Phi) is 3.24. The van der Waals surface area contributed by atoms with Gasteiger partial charge in [0.2, 0.25) is 0 Å². The minimum absolute atomic E-state index is 0.100. The number of rotatable bonds is 2. The molecule has 2 unspecified atom stereocenters. The largest absolute Gasteiger partial charge is 0.367 e. The maximum Gasteiger partial charge on any atom is 0.252 e. The molecule has 0 bridgehead atoms. The molecule has 5 nitrogen and oxygen atoms in total. The summed E-state index contributed by atoms with van der Waals surface area (Å²) >= 11 is 0. The van der Waals surface area contributed by atoms with Gasteiger partial charge in [-0.2, -0.15) is 0 Å². The summed E-state index contributed by atoms with van der Waals surface area (Å²) in [5.41, 5.74) is -0.100. The third-order valence-corrected chi connectivity index (χ3v) is 2.84. The molecule has 1 aliphatic rings. The van der Waals surface area contributed by atoms with Crippen molar-refractivity contribution in [2.24, 2.45) is 0 Å². The van der Waals surface area contributed by atoms with Gasteiger partial charge < -0.3 is 15.6 Å². The Balaban J connectivity index is 2.05. The second-order valence-electron chi connectivity index (χ2n) is 4.44. The summed E-state index contributed by atoms with van der Waals surface area (Å²) in [7, 11) is 0. The maximum absolute atomic E-state index is 11.3. The monoisotopic (exact) mass is 222 g/mol. The molecule has 1 saturated heterocycles. The molecular weight excluding hydrogens is 204 g/mol. The van der Waals surface area contributed by atoms with Crippen LogP contribution in [0.1, 0.15) is 25.6 Å². The molecule has 0 saturated carbocycles. The molecule has 1 aromatic heterocycles. The fourth-order valence-electron chi connectivity index (χ4n) is 2.13. The summed E-state index contributed by atoms with van der Waals surface area (Å²) in [6.45, 7) is 4.98. The summed E-state index contributed by atoms with van der Waals surface area (Å²) in [6.07, 6.45) is 2.13. The van der Waals surface area contributed by atoms with Gasteiger partial charge >= 0.3 is 0 Å². The van der Waals surface area contributed by atoms with E-state index in [9.17, 15) is 4.79 Å². The Morgan fingerprint density at radius 3 is 3.06 bits per heavy atom. The van der Waals surface area contributed by atoms with Gasteiger partial charge in [-0.15, -0.1) is 0 Å². The zero-order chi connectivity index (χ0) is 11.5. The van der Waals surface area contributed by atoms with E-state index in [1.165, 1.54) is 6.07 Å². The van der Waals surface area contributed by atoms with Crippen LogP contribution < -0.4 is 16.2 Å². The predicted molar refractivity (Wildman–Crippen MR) is 63.7 cm³/mol. The summed E-state index contributed by atoms with van der Waals surface area (Å²) < 4.78 is 0. The van der Waals surface area contributed by atoms with Crippen LogP contribution in [0.5, 0.6) is 0 Å². The molecule has 0 spiro atoms. The lowest BCUT2D eigenvalue weighted by Gasteiger charge is -2.28. The normalized spacial score (nSPS) is 25.4. The van der Waals surface area contributed by atoms with E-state index in [1.807, 2.05) is 0 Å². The Bertz CT molecular complexity index is 415. The number of aryl methyl sites for hydroxylation is 1. The predicted octanol–water partition coefficient (Wildman–Crippen LogP) is 0.631. The molecule has 3 N–H and O–H groups in total. The van der Waals surface area contributed by atoms with Gasteiger partial charge in [0.15, 0.2) is 0 Å². The topological polar surface area (TPSA) is 69.8 Å². The third kappa shape index (κ3) is 2.82. The smallest absolute Gasteiger partial charge is 0.252 e. The fourth-order valence-corrected chi connectivity index (χ4v) is 2.13. The zero-order valence-electron chi connectivity index (χ0n) is 9.71. The number of aromatic amines is 1. The van der Waals surface area contributed by atoms with Crippen molar-refractivity contribution in [2.45, 2.75) is 38.8 Å². The van der Waals surface area contributed by atoms with Crippen LogP contribution in [0.15, 0.2) is 10.9 Å². The lowest BCUT2D eigenvalue weighted by Crippen LogP contribution is -2.41. The van der Waals surface area contributed by atoms with E-state index in [0.717, 1.165) is 19.4 Å². The second kappa shape index (κ2) is 4.65. The number of anilines is 1. The molecule has 0 radical (unpaired) electrons. The quantitative estimate of drug-likeness (QED) is 0.686. The fraction of sp³-hybridized carbons (Fsp3) is 0.636. The van der Waals surface area contributed by atoms with Crippen molar-refractivity contribution in [2.75, 3.05) is 11.9 Å². The van der Waals surface area contributed by atoms with Gasteiger partial charge in [0.05, 0.1) is 0 Å². The highest BCUT2D eigenvalue weighted by Crippen LogP contribution is 2.12. The van der Waals surface area contributed by atoms with Crippen molar-refractivity contribution in [3.05, 3.63) is 22.2 Å². The van der Waals surface area contributed by atoms with E-state index in [0.29, 0.717) is 23.7 Å². The van der Waals surface area contributed by atoms with E-state index >= 15 is 0 Å². The number of hydrogen-bond acceptors (Lipinski definition) is 4. The molecule has 0 amide bonds. The molecule has 0 aromatic carbocycles. The Morgan fingerprint density at radius 1 is 1.56 bits per heavy atom. The second-order valence-corrected chi connectivity index (χ2v) is 4.44. The highest BCUT2D eigenvalue weighted by molar-refractivity contribution is 5.34. The first-order valence-electron chi connectivity index (χ1n) is 5.71. The minimum atomic E-state index is -0.100. The molecule has 1 aliphatic heterocycles. The van der Waals surface area contributed by atoms with Gasteiger partial charge in [0, 0.05) is 18.2 Å². The van der Waals surface area contributed by atoms with E-state index in [1.54, 1.807) is 6.92 Å². The van der Waals surface area contributed by atoms with Crippen LogP contribution in [-0.2, 0) is 0 Å². The van der Waals surface area contributed by atoms with Crippen molar-refractivity contribution in [1.29, 1.82) is 0 Å². The van der Waals surface area contributed by atoms with E-state index in [-0.39, 0.29) is 5.56 Å². The number of nitrogens with zero attached hydrogens (tertiary/aromatic N) is 1. The SMILES string of the molecule is Cc1nc(NC2CCNC(C)C2)cc(=O)[nH]1. The van der Waals surface area contributed by atoms with Gasteiger partial charge in [-0.3, -0.25) is 4.79 Å². The molecule has 1 fully saturated rings. The molecule has 5 heteroatoms. The van der Waals surface area contributed by atoms with Crippen molar-refractivity contribution in [3.63, 3.8) is 0 Å². The van der Waals surface area contributed by atoms with Crippen molar-refractivity contribution < 1.29 is 0 Å². The van der Waals surface area contributed by atoms with Crippen molar-refractivity contribution >= 4 is 5.82 Å². The highest BCUT2D eigenvalue weighted by Gasteiger charge is 2.18. The molecule has 0 aliphatic carbocycles. The van der Waals surface area contributed by atoms with E-state index in [4.69, 9.17) is 0 Å². The van der Waals surface area contributed by atoms with Crippen LogP contribution in [0, 0.1) is 6.92 Å². The molecule has 88 valence electrons. The first-order valence-corrected chi connectivity index (χ1v) is 5.71. The first-order chi connectivity index (χ1) is 7.63. The molecular formula is C11H18N4O. The summed E-state index contributed by atoms with van der Waals surface area (Å²) in [6, 6.07) is 2.44. The number of H-pyrrole nitrogens is 1. The molecule has 1 aromatic rings. The van der Waals surface area contributed by atoms with Crippen LogP contribution >= 0.6 is 0 Å². The van der Waals surface area contributed by atoms with Crippen LogP contribution in [-0.4, -0.2) is 28.6 Å². The number of aromatic nitrogens is 2. The van der Waals surface area contributed by atoms with Crippen LogP contribution in [0.3, 0.4) is 0 Å². The molecule has 16 heavy (non-hydrogen) atoms. The molecule has 2 heterocycles. The average molecular weight is 222 g/mol. The van der Waals surface area contributed by atoms with Crippen LogP contribution in [0.25, 0.3) is 0 Å². The summed E-state index contributed by atoms with van der Waals surface area (Å²) in [4.78, 5) is 18.2. The number of hydrogen-bond donors (Lipinski definition) is 3. The van der Waals surface area contributed by atoms with E-state index < -0.39 is 0 Å². The third-order valence-electron chi connectivity index (χ3n) is 2.84. The Hall–Kier alpha value is -1.36. The molecule has 2 atom stereocenters. The van der Waals surface area contributed by atoms with Gasteiger partial charge in [0.25, 0.3) is 5.56 Å². The Morgan fingerprint density at radius 2 is 2.38 bits per heavy atom. The minimum Gasteiger partial charge on any atom is -0.367 e. The lowest BCUT2D eigenvalue weighted by atomic mass is 10.0. The number of nitrogens with one attached hydrogen (secondary N) is 3. The highest BCUT2D eigenvalue weighted by atomic mass is 16.1.